The van der Waals surface area contributed by atoms with Gasteiger partial charge in [-0.2, -0.15) is 0 Å². The monoisotopic (exact) mass is 412 g/mol. The number of carbonyl (C=O) groups excluding carboxylic acids is 1. The van der Waals surface area contributed by atoms with Gasteiger partial charge in [0.05, 0.1) is 44.4 Å². The molecule has 4 aliphatic rings. The number of piperidine rings is 2. The van der Waals surface area contributed by atoms with Gasteiger partial charge in [-0.25, -0.2) is 0 Å². The van der Waals surface area contributed by atoms with Gasteiger partial charge in [0.25, 0.3) is 0 Å². The number of aliphatic imine (C=N–C) groups is 1. The maximum absolute atomic E-state index is 13.3. The molecule has 1 aliphatic carbocycles. The molecule has 1 saturated carbocycles. The fourth-order valence-corrected chi connectivity index (χ4v) is 6.37. The molecule has 3 heterocycles. The Morgan fingerprint density at radius 2 is 1.93 bits per heavy atom. The molecule has 2 saturated heterocycles. The second-order valence-electron chi connectivity index (χ2n) is 8.48. The number of hydrogen-bond acceptors (Lipinski definition) is 7. The van der Waals surface area contributed by atoms with Crippen molar-refractivity contribution in [2.24, 2.45) is 16.8 Å². The number of hydrogen-bond donors (Lipinski definition) is 0. The predicted octanol–water partition coefficient (Wildman–Crippen LogP) is 2.84. The molecule has 5 atom stereocenters. The van der Waals surface area contributed by atoms with E-state index in [2.05, 4.69) is 17.9 Å². The highest BCUT2D eigenvalue weighted by Gasteiger charge is 2.67. The first kappa shape index (κ1) is 19.6. The van der Waals surface area contributed by atoms with Crippen LogP contribution in [0.15, 0.2) is 28.8 Å². The summed E-state index contributed by atoms with van der Waals surface area (Å²) in [5.41, 5.74) is 3.63. The molecule has 30 heavy (non-hydrogen) atoms. The number of allylic oxidation sites excluding steroid dienone is 1. The summed E-state index contributed by atoms with van der Waals surface area (Å²) in [6.07, 6.45) is 3.56. The van der Waals surface area contributed by atoms with Crippen molar-refractivity contribution >= 4 is 17.4 Å². The van der Waals surface area contributed by atoms with Crippen LogP contribution in [0.5, 0.6) is 11.5 Å². The second-order valence-corrected chi connectivity index (χ2v) is 8.48. The smallest absolute Gasteiger partial charge is 0.310 e. The molecule has 0 spiro atoms. The number of nitrogens with zero attached hydrogens (tertiary/aromatic N) is 2. The minimum Gasteiger partial charge on any atom is -0.493 e. The van der Waals surface area contributed by atoms with Crippen molar-refractivity contribution in [1.29, 1.82) is 0 Å². The lowest BCUT2D eigenvalue weighted by atomic mass is 9.50. The maximum atomic E-state index is 13.3. The van der Waals surface area contributed by atoms with Gasteiger partial charge in [-0.3, -0.25) is 14.7 Å². The van der Waals surface area contributed by atoms with Gasteiger partial charge < -0.3 is 18.9 Å². The summed E-state index contributed by atoms with van der Waals surface area (Å²) in [7, 11) is 6.48. The molecule has 160 valence electrons. The topological polar surface area (TPSA) is 69.6 Å². The Morgan fingerprint density at radius 3 is 2.57 bits per heavy atom. The molecular weight excluding hydrogens is 384 g/mol. The van der Waals surface area contributed by atoms with Gasteiger partial charge in [0.2, 0.25) is 0 Å². The zero-order valence-electron chi connectivity index (χ0n) is 18.1. The number of benzene rings is 1. The Labute approximate surface area is 176 Å². The summed E-state index contributed by atoms with van der Waals surface area (Å²) in [5.74, 6) is 0.880. The Bertz CT molecular complexity index is 971. The van der Waals surface area contributed by atoms with E-state index >= 15 is 0 Å². The van der Waals surface area contributed by atoms with E-state index in [4.69, 9.17) is 23.9 Å². The van der Waals surface area contributed by atoms with Crippen LogP contribution in [0.3, 0.4) is 0 Å². The Kier molecular flexibility index (Phi) is 4.45. The molecule has 0 N–H and O–H groups in total. The fourth-order valence-electron chi connectivity index (χ4n) is 6.37. The lowest BCUT2D eigenvalue weighted by Gasteiger charge is -2.61. The van der Waals surface area contributed by atoms with Crippen LogP contribution < -0.4 is 9.47 Å². The molecular formula is C23H28N2O5. The van der Waals surface area contributed by atoms with Crippen molar-refractivity contribution in [3.63, 3.8) is 0 Å². The summed E-state index contributed by atoms with van der Waals surface area (Å²) < 4.78 is 22.5. The van der Waals surface area contributed by atoms with Crippen molar-refractivity contribution in [3.8, 4) is 11.5 Å². The van der Waals surface area contributed by atoms with Crippen molar-refractivity contribution < 1.29 is 23.7 Å². The zero-order valence-corrected chi connectivity index (χ0v) is 18.1. The third-order valence-corrected chi connectivity index (χ3v) is 7.61. The average molecular weight is 412 g/mol. The lowest BCUT2D eigenvalue weighted by molar-refractivity contribution is -0.158. The minimum absolute atomic E-state index is 0.101. The van der Waals surface area contributed by atoms with Gasteiger partial charge in [0, 0.05) is 31.9 Å². The lowest BCUT2D eigenvalue weighted by Crippen LogP contribution is -2.71. The average Bonchev–Trinajstić information content (AvgIpc) is 3.10. The Hall–Kier alpha value is -2.38. The van der Waals surface area contributed by atoms with Gasteiger partial charge in [-0.1, -0.05) is 11.6 Å². The first-order valence-corrected chi connectivity index (χ1v) is 10.4. The van der Waals surface area contributed by atoms with Gasteiger partial charge in [-0.15, -0.1) is 0 Å². The number of ether oxygens (including phenoxy) is 4. The van der Waals surface area contributed by atoms with E-state index < -0.39 is 5.41 Å². The van der Waals surface area contributed by atoms with E-state index in [1.807, 2.05) is 12.1 Å². The van der Waals surface area contributed by atoms with Gasteiger partial charge in [0.15, 0.2) is 11.5 Å². The van der Waals surface area contributed by atoms with E-state index in [0.717, 1.165) is 29.9 Å². The number of methoxy groups -OCH3 is 4. The molecule has 3 bridgehead atoms. The zero-order chi connectivity index (χ0) is 21.2. The quantitative estimate of drug-likeness (QED) is 0.560. The Balaban J connectivity index is 1.80. The number of esters is 1. The molecule has 0 aromatic heterocycles. The molecule has 7 nitrogen and oxygen atoms in total. The van der Waals surface area contributed by atoms with Crippen LogP contribution in [-0.4, -0.2) is 63.8 Å². The van der Waals surface area contributed by atoms with Crippen LogP contribution in [0.1, 0.15) is 25.3 Å². The highest BCUT2D eigenvalue weighted by atomic mass is 16.5. The fraction of sp³-hybridized carbons (Fsp3) is 0.565. The third kappa shape index (κ3) is 2.28. The number of carbonyl (C=O) groups is 1. The van der Waals surface area contributed by atoms with E-state index in [1.165, 1.54) is 12.7 Å². The van der Waals surface area contributed by atoms with Crippen molar-refractivity contribution in [2.75, 3.05) is 35.0 Å². The van der Waals surface area contributed by atoms with Gasteiger partial charge in [0.1, 0.15) is 6.23 Å². The molecule has 7 heteroatoms. The SMILES string of the molecule is CC=C1CN2C(OC)CC34C(=Nc5cc(OC)c(OC)cc53)C2CC1C4C(=O)OC. The van der Waals surface area contributed by atoms with Crippen molar-refractivity contribution in [1.82, 2.24) is 4.90 Å². The van der Waals surface area contributed by atoms with E-state index in [-0.39, 0.29) is 30.1 Å². The molecule has 0 radical (unpaired) electrons. The molecule has 3 aliphatic heterocycles. The molecule has 5 unspecified atom stereocenters. The minimum atomic E-state index is -0.568. The van der Waals surface area contributed by atoms with Crippen LogP contribution in [0.4, 0.5) is 5.69 Å². The highest BCUT2D eigenvalue weighted by Crippen LogP contribution is 2.62. The van der Waals surface area contributed by atoms with Crippen LogP contribution >= 0.6 is 0 Å². The van der Waals surface area contributed by atoms with Crippen LogP contribution in [0.25, 0.3) is 0 Å². The summed E-state index contributed by atoms with van der Waals surface area (Å²) in [5, 5.41) is 0. The summed E-state index contributed by atoms with van der Waals surface area (Å²) in [6.45, 7) is 2.84. The van der Waals surface area contributed by atoms with Crippen molar-refractivity contribution in [2.45, 2.75) is 37.5 Å². The normalized spacial score (nSPS) is 35.0. The van der Waals surface area contributed by atoms with Gasteiger partial charge >= 0.3 is 5.97 Å². The van der Waals surface area contributed by atoms with Crippen LogP contribution in [-0.2, 0) is 19.7 Å². The summed E-state index contributed by atoms with van der Waals surface area (Å²) >= 11 is 0. The van der Waals surface area contributed by atoms with Gasteiger partial charge in [-0.05, 0) is 30.9 Å². The number of fused-ring (bicyclic) bond motifs is 2. The van der Waals surface area contributed by atoms with Crippen LogP contribution in [0, 0.1) is 11.8 Å². The third-order valence-electron chi connectivity index (χ3n) is 7.61. The molecule has 0 amide bonds. The Morgan fingerprint density at radius 1 is 1.20 bits per heavy atom. The van der Waals surface area contributed by atoms with E-state index in [9.17, 15) is 4.79 Å². The highest BCUT2D eigenvalue weighted by molar-refractivity contribution is 6.10. The molecule has 1 aromatic carbocycles. The van der Waals surface area contributed by atoms with E-state index in [0.29, 0.717) is 17.9 Å². The molecule has 1 aromatic rings. The maximum Gasteiger partial charge on any atom is 0.310 e. The summed E-state index contributed by atoms with van der Waals surface area (Å²) in [4.78, 5) is 20.8. The standard InChI is InChI=1S/C23H28N2O5/c1-6-12-11-25-16-7-13(12)20(22(26)30-5)23(10-19(25)29-4)14-8-17(27-2)18(28-3)9-15(14)24-21(16)23/h6,8-9,13,16,19-20H,7,10-11H2,1-5H3. The number of rotatable bonds is 4. The van der Waals surface area contributed by atoms with Crippen LogP contribution in [0.2, 0.25) is 0 Å². The first-order chi connectivity index (χ1) is 14.5. The predicted molar refractivity (Wildman–Crippen MR) is 112 cm³/mol. The molecule has 5 rings (SSSR count). The first-order valence-electron chi connectivity index (χ1n) is 10.4. The molecule has 3 fully saturated rings. The largest absolute Gasteiger partial charge is 0.493 e. The van der Waals surface area contributed by atoms with E-state index in [1.54, 1.807) is 21.3 Å². The summed E-state index contributed by atoms with van der Waals surface area (Å²) in [6, 6.07) is 4.06. The second kappa shape index (κ2) is 6.82. The van der Waals surface area contributed by atoms with Crippen molar-refractivity contribution in [3.05, 3.63) is 29.3 Å².